The van der Waals surface area contributed by atoms with Crippen molar-refractivity contribution in [3.8, 4) is 0 Å². The second-order valence-electron chi connectivity index (χ2n) is 5.04. The quantitative estimate of drug-likeness (QED) is 0.583. The van der Waals surface area contributed by atoms with E-state index >= 15 is 0 Å². The van der Waals surface area contributed by atoms with Crippen LogP contribution in [0.15, 0.2) is 24.5 Å². The predicted octanol–water partition coefficient (Wildman–Crippen LogP) is 4.08. The van der Waals surface area contributed by atoms with E-state index in [9.17, 15) is 4.79 Å². The van der Waals surface area contributed by atoms with Crippen LogP contribution in [0.2, 0.25) is 0 Å². The molecule has 0 saturated heterocycles. The van der Waals surface area contributed by atoms with Gasteiger partial charge in [0.1, 0.15) is 0 Å². The molecule has 4 nitrogen and oxygen atoms in total. The molecule has 1 aromatic carbocycles. The third kappa shape index (κ3) is 4.08. The van der Waals surface area contributed by atoms with E-state index in [0.717, 1.165) is 23.9 Å². The first-order valence-corrected chi connectivity index (χ1v) is 7.41. The molecule has 0 bridgehead atoms. The Morgan fingerprint density at radius 3 is 2.85 bits per heavy atom. The number of aromatic amines is 1. The Morgan fingerprint density at radius 2 is 2.00 bits per heavy atom. The van der Waals surface area contributed by atoms with Gasteiger partial charge in [-0.1, -0.05) is 39.0 Å². The lowest BCUT2D eigenvalue weighted by atomic mass is 10.1. The number of unbranched alkanes of at least 4 members (excludes halogenated alkanes) is 5. The third-order valence-electron chi connectivity index (χ3n) is 3.39. The van der Waals surface area contributed by atoms with Gasteiger partial charge in [-0.25, -0.2) is 9.78 Å². The van der Waals surface area contributed by atoms with Crippen molar-refractivity contribution in [1.29, 1.82) is 0 Å². The zero-order chi connectivity index (χ0) is 14.2. The van der Waals surface area contributed by atoms with Crippen molar-refractivity contribution in [3.63, 3.8) is 0 Å². The molecule has 0 aliphatic carbocycles. The average molecular weight is 274 g/mol. The molecule has 1 N–H and O–H groups in total. The number of fused-ring (bicyclic) bond motifs is 1. The summed E-state index contributed by atoms with van der Waals surface area (Å²) < 4.78 is 5.29. The Morgan fingerprint density at radius 1 is 1.20 bits per heavy atom. The molecule has 0 amide bonds. The molecule has 2 rings (SSSR count). The van der Waals surface area contributed by atoms with Crippen molar-refractivity contribution >= 4 is 17.0 Å². The molecule has 0 saturated carbocycles. The van der Waals surface area contributed by atoms with E-state index in [4.69, 9.17) is 4.74 Å². The highest BCUT2D eigenvalue weighted by molar-refractivity contribution is 5.93. The highest BCUT2D eigenvalue weighted by Gasteiger charge is 2.08. The lowest BCUT2D eigenvalue weighted by Crippen LogP contribution is -2.06. The molecule has 0 aliphatic rings. The molecule has 0 aliphatic heterocycles. The van der Waals surface area contributed by atoms with E-state index in [0.29, 0.717) is 12.2 Å². The largest absolute Gasteiger partial charge is 0.462 e. The topological polar surface area (TPSA) is 55.0 Å². The Labute approximate surface area is 119 Å². The van der Waals surface area contributed by atoms with E-state index in [-0.39, 0.29) is 5.97 Å². The van der Waals surface area contributed by atoms with Gasteiger partial charge in [-0.2, -0.15) is 0 Å². The van der Waals surface area contributed by atoms with Crippen LogP contribution in [0.4, 0.5) is 0 Å². The van der Waals surface area contributed by atoms with Crippen LogP contribution in [0.3, 0.4) is 0 Å². The summed E-state index contributed by atoms with van der Waals surface area (Å²) in [7, 11) is 0. The first-order valence-electron chi connectivity index (χ1n) is 7.41. The van der Waals surface area contributed by atoms with Gasteiger partial charge < -0.3 is 9.72 Å². The molecule has 20 heavy (non-hydrogen) atoms. The molecular formula is C16H22N2O2. The van der Waals surface area contributed by atoms with Gasteiger partial charge in [0, 0.05) is 0 Å². The number of benzene rings is 1. The number of esters is 1. The predicted molar refractivity (Wildman–Crippen MR) is 79.8 cm³/mol. The van der Waals surface area contributed by atoms with Crippen LogP contribution < -0.4 is 0 Å². The van der Waals surface area contributed by atoms with Gasteiger partial charge in [-0.3, -0.25) is 0 Å². The summed E-state index contributed by atoms with van der Waals surface area (Å²) in [5.41, 5.74) is 2.30. The summed E-state index contributed by atoms with van der Waals surface area (Å²) in [5, 5.41) is 0. The highest BCUT2D eigenvalue weighted by Crippen LogP contribution is 2.13. The van der Waals surface area contributed by atoms with Crippen molar-refractivity contribution in [2.75, 3.05) is 6.61 Å². The zero-order valence-corrected chi connectivity index (χ0v) is 12.0. The molecular weight excluding hydrogens is 252 g/mol. The molecule has 0 atom stereocenters. The van der Waals surface area contributed by atoms with Gasteiger partial charge in [0.05, 0.1) is 29.5 Å². The van der Waals surface area contributed by atoms with Gasteiger partial charge in [-0.05, 0) is 24.6 Å². The minimum atomic E-state index is -0.255. The molecule has 4 heteroatoms. The number of rotatable bonds is 8. The zero-order valence-electron chi connectivity index (χ0n) is 12.0. The lowest BCUT2D eigenvalue weighted by Gasteiger charge is -2.05. The molecule has 108 valence electrons. The minimum Gasteiger partial charge on any atom is -0.462 e. The van der Waals surface area contributed by atoms with Crippen LogP contribution in [0, 0.1) is 0 Å². The maximum Gasteiger partial charge on any atom is 0.338 e. The fraction of sp³-hybridized carbons (Fsp3) is 0.500. The summed E-state index contributed by atoms with van der Waals surface area (Å²) in [4.78, 5) is 19.0. The maximum atomic E-state index is 11.9. The van der Waals surface area contributed by atoms with Crippen LogP contribution in [0.5, 0.6) is 0 Å². The Bertz CT molecular complexity index is 548. The Kier molecular flexibility index (Phi) is 5.59. The SMILES string of the molecule is CCCCCCCCOC(=O)c1ccc2nc[nH]c2c1. The average Bonchev–Trinajstić information content (AvgIpc) is 2.93. The number of H-pyrrole nitrogens is 1. The first-order chi connectivity index (χ1) is 9.81. The van der Waals surface area contributed by atoms with Gasteiger partial charge in [0.25, 0.3) is 0 Å². The van der Waals surface area contributed by atoms with Crippen LogP contribution >= 0.6 is 0 Å². The summed E-state index contributed by atoms with van der Waals surface area (Å²) in [5.74, 6) is -0.255. The summed E-state index contributed by atoms with van der Waals surface area (Å²) in [6.07, 6.45) is 8.76. The first kappa shape index (κ1) is 14.6. The van der Waals surface area contributed by atoms with Crippen LogP contribution in [-0.4, -0.2) is 22.5 Å². The monoisotopic (exact) mass is 274 g/mol. The van der Waals surface area contributed by atoms with Crippen LogP contribution in [0.25, 0.3) is 11.0 Å². The molecule has 0 unspecified atom stereocenters. The Balaban J connectivity index is 1.71. The molecule has 2 aromatic rings. The van der Waals surface area contributed by atoms with Crippen molar-refractivity contribution in [3.05, 3.63) is 30.1 Å². The lowest BCUT2D eigenvalue weighted by molar-refractivity contribution is 0.0498. The standard InChI is InChI=1S/C16H22N2O2/c1-2-3-4-5-6-7-10-20-16(19)13-8-9-14-15(11-13)18-12-17-14/h8-9,11-12H,2-7,10H2,1H3,(H,17,18). The van der Waals surface area contributed by atoms with Gasteiger partial charge in [0.2, 0.25) is 0 Å². The van der Waals surface area contributed by atoms with Gasteiger partial charge >= 0.3 is 5.97 Å². The number of hydrogen-bond donors (Lipinski definition) is 1. The van der Waals surface area contributed by atoms with Gasteiger partial charge in [-0.15, -0.1) is 0 Å². The van der Waals surface area contributed by atoms with E-state index in [2.05, 4.69) is 16.9 Å². The number of nitrogens with one attached hydrogen (secondary N) is 1. The summed E-state index contributed by atoms with van der Waals surface area (Å²) in [6.45, 7) is 2.71. The van der Waals surface area contributed by atoms with E-state index < -0.39 is 0 Å². The molecule has 0 spiro atoms. The van der Waals surface area contributed by atoms with Crippen molar-refractivity contribution in [1.82, 2.24) is 9.97 Å². The van der Waals surface area contributed by atoms with Crippen molar-refractivity contribution in [2.45, 2.75) is 45.4 Å². The van der Waals surface area contributed by atoms with E-state index in [1.807, 2.05) is 6.07 Å². The number of carbonyl (C=O) groups excluding carboxylic acids is 1. The van der Waals surface area contributed by atoms with E-state index in [1.165, 1.54) is 25.7 Å². The molecule has 1 heterocycles. The molecule has 0 radical (unpaired) electrons. The second kappa shape index (κ2) is 7.68. The fourth-order valence-corrected chi connectivity index (χ4v) is 2.19. The summed E-state index contributed by atoms with van der Waals surface area (Å²) >= 11 is 0. The number of carbonyl (C=O) groups is 1. The third-order valence-corrected chi connectivity index (χ3v) is 3.39. The van der Waals surface area contributed by atoms with Crippen LogP contribution in [-0.2, 0) is 4.74 Å². The van der Waals surface area contributed by atoms with Crippen molar-refractivity contribution in [2.24, 2.45) is 0 Å². The highest BCUT2D eigenvalue weighted by atomic mass is 16.5. The fourth-order valence-electron chi connectivity index (χ4n) is 2.19. The van der Waals surface area contributed by atoms with Crippen molar-refractivity contribution < 1.29 is 9.53 Å². The molecule has 1 aromatic heterocycles. The second-order valence-corrected chi connectivity index (χ2v) is 5.04. The number of aromatic nitrogens is 2. The van der Waals surface area contributed by atoms with Gasteiger partial charge in [0.15, 0.2) is 0 Å². The molecule has 0 fully saturated rings. The minimum absolute atomic E-state index is 0.255. The van der Waals surface area contributed by atoms with Crippen LogP contribution in [0.1, 0.15) is 55.8 Å². The maximum absolute atomic E-state index is 11.9. The number of hydrogen-bond acceptors (Lipinski definition) is 3. The van der Waals surface area contributed by atoms with E-state index in [1.54, 1.807) is 18.5 Å². The summed E-state index contributed by atoms with van der Waals surface area (Å²) in [6, 6.07) is 5.37. The number of nitrogens with zero attached hydrogens (tertiary/aromatic N) is 1. The Hall–Kier alpha value is -1.84. The normalized spacial score (nSPS) is 10.8. The number of ether oxygens (including phenoxy) is 1. The number of imidazole rings is 1. The smallest absolute Gasteiger partial charge is 0.338 e.